The van der Waals surface area contributed by atoms with Gasteiger partial charge >= 0.3 is 0 Å². The minimum absolute atomic E-state index is 0.142. The zero-order chi connectivity index (χ0) is 15.7. The van der Waals surface area contributed by atoms with E-state index in [0.717, 1.165) is 36.3 Å². The summed E-state index contributed by atoms with van der Waals surface area (Å²) in [5.74, 6) is 3.55. The molecule has 0 aliphatic rings. The molecule has 3 nitrogen and oxygen atoms in total. The van der Waals surface area contributed by atoms with Crippen molar-refractivity contribution < 1.29 is 9.47 Å². The highest BCUT2D eigenvalue weighted by Crippen LogP contribution is 2.36. The van der Waals surface area contributed by atoms with Gasteiger partial charge in [-0.2, -0.15) is 11.8 Å². The number of thioether (sulfide) groups is 1. The zero-order valence-electron chi connectivity index (χ0n) is 13.2. The van der Waals surface area contributed by atoms with Crippen LogP contribution in [0.1, 0.15) is 32.3 Å². The van der Waals surface area contributed by atoms with Gasteiger partial charge in [0.1, 0.15) is 0 Å². The lowest BCUT2D eigenvalue weighted by Gasteiger charge is -2.15. The van der Waals surface area contributed by atoms with E-state index >= 15 is 0 Å². The van der Waals surface area contributed by atoms with Gasteiger partial charge in [-0.15, -0.1) is 0 Å². The van der Waals surface area contributed by atoms with Gasteiger partial charge in [-0.05, 0) is 48.5 Å². The van der Waals surface area contributed by atoms with Gasteiger partial charge in [0.15, 0.2) is 11.5 Å². The van der Waals surface area contributed by atoms with E-state index in [4.69, 9.17) is 26.8 Å². The van der Waals surface area contributed by atoms with E-state index in [9.17, 15) is 0 Å². The van der Waals surface area contributed by atoms with Crippen molar-refractivity contribution in [1.29, 1.82) is 0 Å². The summed E-state index contributed by atoms with van der Waals surface area (Å²) in [6.45, 7) is 4.89. The highest BCUT2D eigenvalue weighted by molar-refractivity contribution is 7.99. The average Bonchev–Trinajstić information content (AvgIpc) is 2.48. The predicted octanol–water partition coefficient (Wildman–Crippen LogP) is 4.15. The molecule has 120 valence electrons. The second-order valence-electron chi connectivity index (χ2n) is 4.88. The van der Waals surface area contributed by atoms with Gasteiger partial charge in [-0.25, -0.2) is 0 Å². The summed E-state index contributed by atoms with van der Waals surface area (Å²) >= 11 is 8.24. The highest BCUT2D eigenvalue weighted by atomic mass is 35.5. The van der Waals surface area contributed by atoms with Crippen LogP contribution in [0.4, 0.5) is 0 Å². The topological polar surface area (TPSA) is 44.5 Å². The van der Waals surface area contributed by atoms with Crippen LogP contribution < -0.4 is 15.2 Å². The molecule has 0 saturated heterocycles. The molecule has 0 aliphatic carbocycles. The standard InChI is InChI=1S/C16H26ClNO2S/c1-4-13(18)9-12-10-14(17)16(15(11-12)19-3)20-7-6-8-21-5-2/h10-11,13H,4-9,18H2,1-3H3. The Kier molecular flexibility index (Phi) is 8.97. The molecular weight excluding hydrogens is 306 g/mol. The van der Waals surface area contributed by atoms with E-state index in [2.05, 4.69) is 13.8 Å². The molecule has 21 heavy (non-hydrogen) atoms. The molecular formula is C16H26ClNO2S. The molecule has 0 bridgehead atoms. The summed E-state index contributed by atoms with van der Waals surface area (Å²) in [7, 11) is 1.63. The summed E-state index contributed by atoms with van der Waals surface area (Å²) < 4.78 is 11.2. The Morgan fingerprint density at radius 1 is 1.33 bits per heavy atom. The number of halogens is 1. The van der Waals surface area contributed by atoms with Gasteiger partial charge < -0.3 is 15.2 Å². The second-order valence-corrected chi connectivity index (χ2v) is 6.68. The quantitative estimate of drug-likeness (QED) is 0.654. The van der Waals surface area contributed by atoms with Gasteiger partial charge in [0.25, 0.3) is 0 Å². The maximum atomic E-state index is 6.33. The maximum Gasteiger partial charge on any atom is 0.179 e. The van der Waals surface area contributed by atoms with Crippen LogP contribution in [-0.2, 0) is 6.42 Å². The molecule has 0 saturated carbocycles. The first kappa shape index (κ1) is 18.5. The lowest BCUT2D eigenvalue weighted by molar-refractivity contribution is 0.295. The molecule has 1 aromatic carbocycles. The minimum Gasteiger partial charge on any atom is -0.493 e. The fourth-order valence-electron chi connectivity index (χ4n) is 1.96. The smallest absolute Gasteiger partial charge is 0.179 e. The summed E-state index contributed by atoms with van der Waals surface area (Å²) in [6.07, 6.45) is 2.73. The Labute approximate surface area is 137 Å². The Hall–Kier alpha value is -0.580. The molecule has 0 amide bonds. The van der Waals surface area contributed by atoms with Crippen LogP contribution in [0.15, 0.2) is 12.1 Å². The van der Waals surface area contributed by atoms with Crippen LogP contribution in [0, 0.1) is 0 Å². The van der Waals surface area contributed by atoms with Gasteiger partial charge in [-0.1, -0.05) is 25.4 Å². The molecule has 2 N–H and O–H groups in total. The van der Waals surface area contributed by atoms with Crippen molar-refractivity contribution in [2.45, 2.75) is 39.2 Å². The van der Waals surface area contributed by atoms with Crippen LogP contribution >= 0.6 is 23.4 Å². The van der Waals surface area contributed by atoms with E-state index in [-0.39, 0.29) is 6.04 Å². The first-order valence-corrected chi connectivity index (χ1v) is 8.98. The molecule has 5 heteroatoms. The van der Waals surface area contributed by atoms with Crippen LogP contribution in [0.5, 0.6) is 11.5 Å². The Balaban J connectivity index is 2.70. The van der Waals surface area contributed by atoms with Crippen molar-refractivity contribution in [1.82, 2.24) is 0 Å². The first-order valence-electron chi connectivity index (χ1n) is 7.44. The second kappa shape index (κ2) is 10.2. The van der Waals surface area contributed by atoms with Crippen molar-refractivity contribution in [2.75, 3.05) is 25.2 Å². The number of nitrogens with two attached hydrogens (primary N) is 1. The predicted molar refractivity (Wildman–Crippen MR) is 93.1 cm³/mol. The van der Waals surface area contributed by atoms with E-state index in [1.54, 1.807) is 7.11 Å². The summed E-state index contributed by atoms with van der Waals surface area (Å²) in [5, 5.41) is 0.593. The summed E-state index contributed by atoms with van der Waals surface area (Å²) in [4.78, 5) is 0. The number of hydrogen-bond donors (Lipinski definition) is 1. The van der Waals surface area contributed by atoms with E-state index < -0.39 is 0 Å². The summed E-state index contributed by atoms with van der Waals surface area (Å²) in [5.41, 5.74) is 7.08. The fraction of sp³-hybridized carbons (Fsp3) is 0.625. The SMILES string of the molecule is CCSCCCOc1c(Cl)cc(CC(N)CC)cc1OC. The lowest BCUT2D eigenvalue weighted by Crippen LogP contribution is -2.21. The molecule has 0 aliphatic heterocycles. The van der Waals surface area contributed by atoms with E-state index in [0.29, 0.717) is 23.1 Å². The third kappa shape index (κ3) is 6.37. The Morgan fingerprint density at radius 3 is 2.71 bits per heavy atom. The van der Waals surface area contributed by atoms with Gasteiger partial charge in [0.2, 0.25) is 0 Å². The summed E-state index contributed by atoms with van der Waals surface area (Å²) in [6, 6.07) is 4.04. The van der Waals surface area contributed by atoms with Crippen molar-refractivity contribution in [3.63, 3.8) is 0 Å². The normalized spacial score (nSPS) is 12.2. The van der Waals surface area contributed by atoms with Gasteiger partial charge in [0, 0.05) is 6.04 Å². The number of rotatable bonds is 10. The first-order chi connectivity index (χ1) is 10.1. The molecule has 1 atom stereocenters. The van der Waals surface area contributed by atoms with Crippen molar-refractivity contribution in [3.8, 4) is 11.5 Å². The molecule has 1 unspecified atom stereocenters. The van der Waals surface area contributed by atoms with Crippen LogP contribution in [-0.4, -0.2) is 31.3 Å². The average molecular weight is 332 g/mol. The molecule has 1 rings (SSSR count). The van der Waals surface area contributed by atoms with E-state index in [1.807, 2.05) is 23.9 Å². The van der Waals surface area contributed by atoms with Gasteiger partial charge in [-0.3, -0.25) is 0 Å². The van der Waals surface area contributed by atoms with Crippen molar-refractivity contribution in [3.05, 3.63) is 22.7 Å². The number of benzene rings is 1. The molecule has 1 aromatic rings. The zero-order valence-corrected chi connectivity index (χ0v) is 14.7. The lowest BCUT2D eigenvalue weighted by atomic mass is 10.0. The largest absolute Gasteiger partial charge is 0.493 e. The Morgan fingerprint density at radius 2 is 2.10 bits per heavy atom. The third-order valence-electron chi connectivity index (χ3n) is 3.20. The Bertz CT molecular complexity index is 429. The number of methoxy groups -OCH3 is 1. The van der Waals surface area contributed by atoms with Crippen molar-refractivity contribution in [2.24, 2.45) is 5.73 Å². The highest BCUT2D eigenvalue weighted by Gasteiger charge is 2.13. The fourth-order valence-corrected chi connectivity index (χ4v) is 2.86. The monoisotopic (exact) mass is 331 g/mol. The number of hydrogen-bond acceptors (Lipinski definition) is 4. The maximum absolute atomic E-state index is 6.33. The van der Waals surface area contributed by atoms with Gasteiger partial charge in [0.05, 0.1) is 18.7 Å². The molecule has 0 fully saturated rings. The molecule has 0 aromatic heterocycles. The molecule has 0 spiro atoms. The van der Waals surface area contributed by atoms with Crippen LogP contribution in [0.25, 0.3) is 0 Å². The van der Waals surface area contributed by atoms with Crippen LogP contribution in [0.2, 0.25) is 5.02 Å². The molecule has 0 radical (unpaired) electrons. The van der Waals surface area contributed by atoms with Crippen molar-refractivity contribution >= 4 is 23.4 Å². The van der Waals surface area contributed by atoms with E-state index in [1.165, 1.54) is 0 Å². The van der Waals surface area contributed by atoms with Crippen LogP contribution in [0.3, 0.4) is 0 Å². The third-order valence-corrected chi connectivity index (χ3v) is 4.46. The number of ether oxygens (including phenoxy) is 2. The minimum atomic E-state index is 0.142. The molecule has 0 heterocycles.